The average molecular weight is 288 g/mol. The fourth-order valence-electron chi connectivity index (χ4n) is 2.17. The van der Waals surface area contributed by atoms with Crippen LogP contribution in [0.5, 0.6) is 5.75 Å². The zero-order valence-corrected chi connectivity index (χ0v) is 13.0. The SMILES string of the molecule is CC(C)(C)OCCOc1ccc(C2C=CC(O)=CC2)cc1. The Labute approximate surface area is 126 Å². The van der Waals surface area contributed by atoms with Crippen LogP contribution in [-0.2, 0) is 4.74 Å². The molecular weight excluding hydrogens is 264 g/mol. The van der Waals surface area contributed by atoms with Crippen molar-refractivity contribution in [2.45, 2.75) is 38.7 Å². The monoisotopic (exact) mass is 288 g/mol. The van der Waals surface area contributed by atoms with Gasteiger partial charge in [0.2, 0.25) is 0 Å². The summed E-state index contributed by atoms with van der Waals surface area (Å²) < 4.78 is 11.3. The quantitative estimate of drug-likeness (QED) is 0.818. The van der Waals surface area contributed by atoms with Crippen molar-refractivity contribution in [1.82, 2.24) is 0 Å². The average Bonchev–Trinajstić information content (AvgIpc) is 2.44. The van der Waals surface area contributed by atoms with Gasteiger partial charge in [0.1, 0.15) is 18.1 Å². The summed E-state index contributed by atoms with van der Waals surface area (Å²) in [5, 5.41) is 9.34. The summed E-state index contributed by atoms with van der Waals surface area (Å²) in [6.45, 7) is 7.24. The predicted molar refractivity (Wildman–Crippen MR) is 84.9 cm³/mol. The van der Waals surface area contributed by atoms with Crippen LogP contribution in [0, 0.1) is 0 Å². The molecule has 0 heterocycles. The highest BCUT2D eigenvalue weighted by Gasteiger charge is 2.11. The van der Waals surface area contributed by atoms with Gasteiger partial charge in [0.15, 0.2) is 0 Å². The smallest absolute Gasteiger partial charge is 0.119 e. The summed E-state index contributed by atoms with van der Waals surface area (Å²) in [4.78, 5) is 0. The van der Waals surface area contributed by atoms with Crippen LogP contribution >= 0.6 is 0 Å². The first-order valence-electron chi connectivity index (χ1n) is 7.38. The number of allylic oxidation sites excluding steroid dienone is 3. The van der Waals surface area contributed by atoms with Gasteiger partial charge in [0.25, 0.3) is 0 Å². The van der Waals surface area contributed by atoms with E-state index in [1.165, 1.54) is 5.56 Å². The number of rotatable bonds is 5. The standard InChI is InChI=1S/C18H24O3/c1-18(2,3)21-13-12-20-17-10-6-15(7-11-17)14-4-8-16(19)9-5-14/h4,6-11,14,19H,5,12-13H2,1-3H3. The molecular formula is C18H24O3. The van der Waals surface area contributed by atoms with Gasteiger partial charge in [-0.25, -0.2) is 0 Å². The van der Waals surface area contributed by atoms with Crippen LogP contribution in [0.25, 0.3) is 0 Å². The maximum Gasteiger partial charge on any atom is 0.119 e. The van der Waals surface area contributed by atoms with E-state index in [9.17, 15) is 5.11 Å². The number of hydrogen-bond donors (Lipinski definition) is 1. The van der Waals surface area contributed by atoms with Crippen molar-refractivity contribution >= 4 is 0 Å². The maximum atomic E-state index is 9.34. The van der Waals surface area contributed by atoms with E-state index < -0.39 is 0 Å². The maximum absolute atomic E-state index is 9.34. The van der Waals surface area contributed by atoms with Crippen molar-refractivity contribution in [2.75, 3.05) is 13.2 Å². The van der Waals surface area contributed by atoms with E-state index in [4.69, 9.17) is 9.47 Å². The molecule has 1 aliphatic rings. The van der Waals surface area contributed by atoms with Crippen molar-refractivity contribution in [2.24, 2.45) is 0 Å². The normalized spacial score (nSPS) is 18.4. The third-order valence-corrected chi connectivity index (χ3v) is 3.28. The second kappa shape index (κ2) is 6.81. The number of benzene rings is 1. The highest BCUT2D eigenvalue weighted by molar-refractivity contribution is 5.34. The molecule has 2 rings (SSSR count). The third kappa shape index (κ3) is 5.27. The van der Waals surface area contributed by atoms with E-state index in [1.807, 2.05) is 45.1 Å². The van der Waals surface area contributed by atoms with Gasteiger partial charge in [-0.05, 0) is 57.0 Å². The summed E-state index contributed by atoms with van der Waals surface area (Å²) in [6, 6.07) is 8.12. The van der Waals surface area contributed by atoms with Gasteiger partial charge in [-0.3, -0.25) is 0 Å². The van der Waals surface area contributed by atoms with Gasteiger partial charge in [-0.15, -0.1) is 0 Å². The van der Waals surface area contributed by atoms with Crippen molar-refractivity contribution in [3.63, 3.8) is 0 Å². The first kappa shape index (κ1) is 15.6. The summed E-state index contributed by atoms with van der Waals surface area (Å²) in [5.41, 5.74) is 1.10. The fraction of sp³-hybridized carbons (Fsp3) is 0.444. The van der Waals surface area contributed by atoms with E-state index in [0.29, 0.717) is 24.9 Å². The number of hydrogen-bond acceptors (Lipinski definition) is 3. The predicted octanol–water partition coefficient (Wildman–Crippen LogP) is 4.37. The van der Waals surface area contributed by atoms with Gasteiger partial charge in [-0.1, -0.05) is 18.2 Å². The Kier molecular flexibility index (Phi) is 5.07. The van der Waals surface area contributed by atoms with Crippen LogP contribution in [0.1, 0.15) is 38.7 Å². The van der Waals surface area contributed by atoms with Gasteiger partial charge < -0.3 is 14.6 Å². The molecule has 1 aromatic carbocycles. The number of aliphatic hydroxyl groups is 1. The highest BCUT2D eigenvalue weighted by atomic mass is 16.5. The van der Waals surface area contributed by atoms with Crippen LogP contribution in [-0.4, -0.2) is 23.9 Å². The zero-order chi connectivity index (χ0) is 15.3. The molecule has 3 nitrogen and oxygen atoms in total. The van der Waals surface area contributed by atoms with Crippen LogP contribution in [0.3, 0.4) is 0 Å². The van der Waals surface area contributed by atoms with Crippen LogP contribution in [0.2, 0.25) is 0 Å². The molecule has 0 saturated carbocycles. The van der Waals surface area contributed by atoms with E-state index >= 15 is 0 Å². The topological polar surface area (TPSA) is 38.7 Å². The molecule has 114 valence electrons. The fourth-order valence-corrected chi connectivity index (χ4v) is 2.17. The lowest BCUT2D eigenvalue weighted by Gasteiger charge is -2.19. The van der Waals surface area contributed by atoms with E-state index in [-0.39, 0.29) is 5.60 Å². The summed E-state index contributed by atoms with van der Waals surface area (Å²) in [6.07, 6.45) is 6.46. The first-order chi connectivity index (χ1) is 9.94. The molecule has 0 aromatic heterocycles. The van der Waals surface area contributed by atoms with Crippen molar-refractivity contribution in [1.29, 1.82) is 0 Å². The molecule has 0 saturated heterocycles. The minimum Gasteiger partial charge on any atom is -0.508 e. The van der Waals surface area contributed by atoms with Crippen LogP contribution in [0.15, 0.2) is 48.3 Å². The molecule has 0 radical (unpaired) electrons. The second-order valence-corrected chi connectivity index (χ2v) is 6.21. The van der Waals surface area contributed by atoms with E-state index in [2.05, 4.69) is 12.1 Å². The molecule has 3 heteroatoms. The molecule has 0 fully saturated rings. The molecule has 1 unspecified atom stereocenters. The lowest BCUT2D eigenvalue weighted by Crippen LogP contribution is -2.22. The summed E-state index contributed by atoms with van der Waals surface area (Å²) >= 11 is 0. The molecule has 0 aliphatic heterocycles. The molecule has 0 spiro atoms. The van der Waals surface area contributed by atoms with Gasteiger partial charge in [0, 0.05) is 5.92 Å². The zero-order valence-electron chi connectivity index (χ0n) is 13.0. The molecule has 0 bridgehead atoms. The van der Waals surface area contributed by atoms with Crippen molar-refractivity contribution < 1.29 is 14.6 Å². The number of ether oxygens (including phenoxy) is 2. The third-order valence-electron chi connectivity index (χ3n) is 3.28. The van der Waals surface area contributed by atoms with E-state index in [0.717, 1.165) is 12.2 Å². The van der Waals surface area contributed by atoms with E-state index in [1.54, 1.807) is 6.08 Å². The second-order valence-electron chi connectivity index (χ2n) is 6.21. The molecule has 1 N–H and O–H groups in total. The van der Waals surface area contributed by atoms with Crippen LogP contribution in [0.4, 0.5) is 0 Å². The van der Waals surface area contributed by atoms with Crippen molar-refractivity contribution in [3.8, 4) is 5.75 Å². The first-order valence-corrected chi connectivity index (χ1v) is 7.38. The Morgan fingerprint density at radius 2 is 1.86 bits per heavy atom. The molecule has 1 atom stereocenters. The minimum atomic E-state index is -0.125. The van der Waals surface area contributed by atoms with Gasteiger partial charge >= 0.3 is 0 Å². The Morgan fingerprint density at radius 1 is 1.14 bits per heavy atom. The minimum absolute atomic E-state index is 0.125. The lowest BCUT2D eigenvalue weighted by atomic mass is 9.92. The Balaban J connectivity index is 1.81. The van der Waals surface area contributed by atoms with Gasteiger partial charge in [0.05, 0.1) is 12.2 Å². The molecule has 21 heavy (non-hydrogen) atoms. The molecule has 0 amide bonds. The Hall–Kier alpha value is -1.74. The van der Waals surface area contributed by atoms with Gasteiger partial charge in [-0.2, -0.15) is 0 Å². The Morgan fingerprint density at radius 3 is 2.43 bits per heavy atom. The lowest BCUT2D eigenvalue weighted by molar-refractivity contribution is -0.0163. The summed E-state index contributed by atoms with van der Waals surface area (Å²) in [5.74, 6) is 1.54. The summed E-state index contributed by atoms with van der Waals surface area (Å²) in [7, 11) is 0. The largest absolute Gasteiger partial charge is 0.508 e. The molecule has 1 aromatic rings. The molecule has 1 aliphatic carbocycles. The highest BCUT2D eigenvalue weighted by Crippen LogP contribution is 2.27. The van der Waals surface area contributed by atoms with Crippen molar-refractivity contribution in [3.05, 3.63) is 53.8 Å². The van der Waals surface area contributed by atoms with Crippen LogP contribution < -0.4 is 4.74 Å². The Bertz CT molecular complexity index is 506. The number of aliphatic hydroxyl groups excluding tert-OH is 1.